The molecule has 0 spiro atoms. The van der Waals surface area contributed by atoms with Crippen molar-refractivity contribution >= 4 is 17.7 Å². The quantitative estimate of drug-likeness (QED) is 0.434. The molecule has 0 unspecified atom stereocenters. The van der Waals surface area contributed by atoms with Gasteiger partial charge in [0.1, 0.15) is 5.82 Å². The highest BCUT2D eigenvalue weighted by molar-refractivity contribution is 5.89. The van der Waals surface area contributed by atoms with Crippen LogP contribution in [-0.4, -0.2) is 24.6 Å². The van der Waals surface area contributed by atoms with Crippen LogP contribution < -0.4 is 21.3 Å². The minimum atomic E-state index is -0.240. The SMILES string of the molecule is CCNC(=NCc1ccc(NC(=O)NC(C)C)cc1)NCc1ccccc1F. The topological polar surface area (TPSA) is 77.5 Å². The molecule has 150 valence electrons. The van der Waals surface area contributed by atoms with Gasteiger partial charge in [0.25, 0.3) is 0 Å². The van der Waals surface area contributed by atoms with Crippen molar-refractivity contribution in [2.45, 2.75) is 39.9 Å². The van der Waals surface area contributed by atoms with Crippen LogP contribution >= 0.6 is 0 Å². The van der Waals surface area contributed by atoms with Crippen LogP contribution in [0.4, 0.5) is 14.9 Å². The summed E-state index contributed by atoms with van der Waals surface area (Å²) in [5.74, 6) is 0.375. The van der Waals surface area contributed by atoms with Gasteiger partial charge in [-0.2, -0.15) is 0 Å². The Bertz CT molecular complexity index is 790. The summed E-state index contributed by atoms with van der Waals surface area (Å²) in [6.45, 7) is 7.31. The Morgan fingerprint density at radius 2 is 1.79 bits per heavy atom. The third-order valence-corrected chi connectivity index (χ3v) is 3.80. The molecule has 0 radical (unpaired) electrons. The van der Waals surface area contributed by atoms with Crippen molar-refractivity contribution in [1.82, 2.24) is 16.0 Å². The van der Waals surface area contributed by atoms with Crippen LogP contribution in [0.5, 0.6) is 0 Å². The molecule has 0 aliphatic heterocycles. The Kier molecular flexibility index (Phi) is 8.27. The summed E-state index contributed by atoms with van der Waals surface area (Å²) < 4.78 is 13.7. The first-order chi connectivity index (χ1) is 13.5. The van der Waals surface area contributed by atoms with Gasteiger partial charge in [-0.05, 0) is 44.5 Å². The van der Waals surface area contributed by atoms with Crippen LogP contribution in [0.2, 0.25) is 0 Å². The number of aliphatic imine (C=N–C) groups is 1. The Morgan fingerprint density at radius 3 is 2.43 bits per heavy atom. The van der Waals surface area contributed by atoms with Gasteiger partial charge in [-0.3, -0.25) is 0 Å². The molecule has 28 heavy (non-hydrogen) atoms. The second-order valence-corrected chi connectivity index (χ2v) is 6.59. The summed E-state index contributed by atoms with van der Waals surface area (Å²) in [4.78, 5) is 16.3. The molecule has 2 rings (SSSR count). The van der Waals surface area contributed by atoms with Crippen molar-refractivity contribution in [3.05, 3.63) is 65.5 Å². The van der Waals surface area contributed by atoms with E-state index in [1.165, 1.54) is 6.07 Å². The van der Waals surface area contributed by atoms with Gasteiger partial charge in [0.15, 0.2) is 5.96 Å². The van der Waals surface area contributed by atoms with E-state index in [0.29, 0.717) is 31.2 Å². The third kappa shape index (κ3) is 7.26. The number of halogens is 1. The zero-order chi connectivity index (χ0) is 20.4. The van der Waals surface area contributed by atoms with Crippen molar-refractivity contribution in [3.8, 4) is 0 Å². The summed E-state index contributed by atoms with van der Waals surface area (Å²) in [6, 6.07) is 14.0. The molecule has 2 aromatic rings. The normalized spacial score (nSPS) is 11.2. The lowest BCUT2D eigenvalue weighted by Crippen LogP contribution is -2.37. The zero-order valence-corrected chi connectivity index (χ0v) is 16.6. The predicted octanol–water partition coefficient (Wildman–Crippen LogP) is 3.61. The first-order valence-electron chi connectivity index (χ1n) is 9.40. The summed E-state index contributed by atoms with van der Waals surface area (Å²) in [5.41, 5.74) is 2.30. The molecule has 0 fully saturated rings. The van der Waals surface area contributed by atoms with E-state index in [2.05, 4.69) is 26.3 Å². The minimum Gasteiger partial charge on any atom is -0.357 e. The fourth-order valence-electron chi connectivity index (χ4n) is 2.46. The van der Waals surface area contributed by atoms with E-state index in [1.807, 2.05) is 45.0 Å². The van der Waals surface area contributed by atoms with E-state index < -0.39 is 0 Å². The Hall–Kier alpha value is -3.09. The number of guanidine groups is 1. The number of rotatable bonds is 7. The molecule has 0 bridgehead atoms. The maximum absolute atomic E-state index is 13.7. The number of hydrogen-bond donors (Lipinski definition) is 4. The monoisotopic (exact) mass is 385 g/mol. The van der Waals surface area contributed by atoms with Crippen LogP contribution in [0.15, 0.2) is 53.5 Å². The van der Waals surface area contributed by atoms with E-state index in [1.54, 1.807) is 18.2 Å². The van der Waals surface area contributed by atoms with Crippen molar-refractivity contribution in [1.29, 1.82) is 0 Å². The highest BCUT2D eigenvalue weighted by atomic mass is 19.1. The lowest BCUT2D eigenvalue weighted by Gasteiger charge is -2.12. The molecule has 0 heterocycles. The van der Waals surface area contributed by atoms with Gasteiger partial charge in [-0.25, -0.2) is 14.2 Å². The number of nitrogens with one attached hydrogen (secondary N) is 4. The van der Waals surface area contributed by atoms with Crippen LogP contribution in [0, 0.1) is 5.82 Å². The van der Waals surface area contributed by atoms with E-state index >= 15 is 0 Å². The molecule has 0 atom stereocenters. The third-order valence-electron chi connectivity index (χ3n) is 3.80. The van der Waals surface area contributed by atoms with Gasteiger partial charge < -0.3 is 21.3 Å². The van der Waals surface area contributed by atoms with Crippen LogP contribution in [0.3, 0.4) is 0 Å². The second kappa shape index (κ2) is 10.9. The molecule has 0 saturated heterocycles. The fourth-order valence-corrected chi connectivity index (χ4v) is 2.46. The van der Waals surface area contributed by atoms with Gasteiger partial charge >= 0.3 is 6.03 Å². The Morgan fingerprint density at radius 1 is 1.07 bits per heavy atom. The Labute approximate surface area is 165 Å². The molecule has 0 aliphatic carbocycles. The molecule has 2 aromatic carbocycles. The molecule has 4 N–H and O–H groups in total. The van der Waals surface area contributed by atoms with E-state index in [9.17, 15) is 9.18 Å². The first-order valence-corrected chi connectivity index (χ1v) is 9.40. The van der Waals surface area contributed by atoms with Gasteiger partial charge in [-0.15, -0.1) is 0 Å². The van der Waals surface area contributed by atoms with Gasteiger partial charge in [0, 0.05) is 30.4 Å². The fraction of sp³-hybridized carbons (Fsp3) is 0.333. The van der Waals surface area contributed by atoms with Crippen LogP contribution in [0.1, 0.15) is 31.9 Å². The average molecular weight is 385 g/mol. The molecule has 0 saturated carbocycles. The summed E-state index contributed by atoms with van der Waals surface area (Å²) in [6.07, 6.45) is 0. The standard InChI is InChI=1S/C21H28FN5O/c1-4-23-20(25-14-17-7-5-6-8-19(17)22)24-13-16-9-11-18(12-10-16)27-21(28)26-15(2)3/h5-12,15H,4,13-14H2,1-3H3,(H2,23,24,25)(H2,26,27,28). The minimum absolute atomic E-state index is 0.0787. The lowest BCUT2D eigenvalue weighted by atomic mass is 10.2. The number of nitrogens with zero attached hydrogens (tertiary/aromatic N) is 1. The van der Waals surface area contributed by atoms with E-state index in [-0.39, 0.29) is 17.9 Å². The second-order valence-electron chi connectivity index (χ2n) is 6.59. The number of amides is 2. The molecular formula is C21H28FN5O. The van der Waals surface area contributed by atoms with Gasteiger partial charge in [0.2, 0.25) is 0 Å². The van der Waals surface area contributed by atoms with Crippen LogP contribution in [0.25, 0.3) is 0 Å². The summed E-state index contributed by atoms with van der Waals surface area (Å²) >= 11 is 0. The molecule has 0 aliphatic rings. The predicted molar refractivity (Wildman–Crippen MR) is 112 cm³/mol. The lowest BCUT2D eigenvalue weighted by molar-refractivity contribution is 0.250. The maximum Gasteiger partial charge on any atom is 0.319 e. The zero-order valence-electron chi connectivity index (χ0n) is 16.6. The van der Waals surface area contributed by atoms with Gasteiger partial charge in [0.05, 0.1) is 6.54 Å². The molecule has 7 heteroatoms. The van der Waals surface area contributed by atoms with E-state index in [4.69, 9.17) is 0 Å². The number of benzene rings is 2. The molecule has 2 amide bonds. The first kappa shape index (κ1) is 21.2. The number of hydrogen-bond acceptors (Lipinski definition) is 2. The average Bonchev–Trinajstić information content (AvgIpc) is 2.65. The molecule has 0 aromatic heterocycles. The number of carbonyl (C=O) groups is 1. The largest absolute Gasteiger partial charge is 0.357 e. The number of carbonyl (C=O) groups excluding carboxylic acids is 1. The van der Waals surface area contributed by atoms with Crippen LogP contribution in [-0.2, 0) is 13.1 Å². The summed E-state index contributed by atoms with van der Waals surface area (Å²) in [5, 5.41) is 11.8. The Balaban J connectivity index is 1.92. The van der Waals surface area contributed by atoms with Crippen molar-refractivity contribution in [3.63, 3.8) is 0 Å². The molecular weight excluding hydrogens is 357 g/mol. The highest BCUT2D eigenvalue weighted by Crippen LogP contribution is 2.10. The van der Waals surface area contributed by atoms with Crippen molar-refractivity contribution in [2.75, 3.05) is 11.9 Å². The smallest absolute Gasteiger partial charge is 0.319 e. The number of urea groups is 1. The maximum atomic E-state index is 13.7. The van der Waals surface area contributed by atoms with Gasteiger partial charge in [-0.1, -0.05) is 30.3 Å². The molecule has 6 nitrogen and oxygen atoms in total. The van der Waals surface area contributed by atoms with Crippen molar-refractivity contribution < 1.29 is 9.18 Å². The number of anilines is 1. The van der Waals surface area contributed by atoms with Crippen molar-refractivity contribution in [2.24, 2.45) is 4.99 Å². The van der Waals surface area contributed by atoms with E-state index in [0.717, 1.165) is 11.3 Å². The summed E-state index contributed by atoms with van der Waals surface area (Å²) in [7, 11) is 0. The highest BCUT2D eigenvalue weighted by Gasteiger charge is 2.04.